The highest BCUT2D eigenvalue weighted by Gasteiger charge is 2.39. The van der Waals surface area contributed by atoms with Crippen LogP contribution in [0.25, 0.3) is 0 Å². The summed E-state index contributed by atoms with van der Waals surface area (Å²) in [5.41, 5.74) is 0. The summed E-state index contributed by atoms with van der Waals surface area (Å²) in [7, 11) is 0. The molecule has 2 heteroatoms. The van der Waals surface area contributed by atoms with E-state index in [2.05, 4.69) is 6.58 Å². The van der Waals surface area contributed by atoms with Gasteiger partial charge in [-0.25, -0.2) is 4.79 Å². The van der Waals surface area contributed by atoms with E-state index in [1.54, 1.807) is 0 Å². The van der Waals surface area contributed by atoms with Crippen molar-refractivity contribution in [3.05, 3.63) is 12.7 Å². The number of rotatable bonds is 3. The molecule has 2 nitrogen and oxygen atoms in total. The smallest absolute Gasteiger partial charge is 0.330 e. The largest absolute Gasteiger partial charge is 0.462 e. The van der Waals surface area contributed by atoms with Crippen LogP contribution in [-0.2, 0) is 9.53 Å². The molecular formula is C11H16O2. The molecule has 0 spiro atoms. The number of carbonyl (C=O) groups excluding carboxylic acids is 1. The molecule has 2 bridgehead atoms. The molecule has 0 heterocycles. The summed E-state index contributed by atoms with van der Waals surface area (Å²) >= 11 is 0. The fourth-order valence-corrected chi connectivity index (χ4v) is 2.83. The SMILES string of the molecule is C=CC(=O)OCC1CC2CCC1C2. The van der Waals surface area contributed by atoms with Gasteiger partial charge in [0.25, 0.3) is 0 Å². The lowest BCUT2D eigenvalue weighted by molar-refractivity contribution is -0.139. The van der Waals surface area contributed by atoms with Gasteiger partial charge < -0.3 is 4.74 Å². The highest BCUT2D eigenvalue weighted by atomic mass is 16.5. The second-order valence-electron chi connectivity index (χ2n) is 4.27. The van der Waals surface area contributed by atoms with E-state index in [4.69, 9.17) is 4.74 Å². The maximum Gasteiger partial charge on any atom is 0.330 e. The lowest BCUT2D eigenvalue weighted by Crippen LogP contribution is -2.18. The molecule has 2 fully saturated rings. The first kappa shape index (κ1) is 8.79. The summed E-state index contributed by atoms with van der Waals surface area (Å²) in [4.78, 5) is 10.8. The van der Waals surface area contributed by atoms with E-state index in [0.717, 1.165) is 11.8 Å². The molecule has 0 aromatic carbocycles. The van der Waals surface area contributed by atoms with Crippen molar-refractivity contribution in [2.45, 2.75) is 25.7 Å². The van der Waals surface area contributed by atoms with Crippen LogP contribution in [-0.4, -0.2) is 12.6 Å². The van der Waals surface area contributed by atoms with Crippen LogP contribution in [0.3, 0.4) is 0 Å². The van der Waals surface area contributed by atoms with Crippen LogP contribution >= 0.6 is 0 Å². The Labute approximate surface area is 79.0 Å². The van der Waals surface area contributed by atoms with Gasteiger partial charge in [0, 0.05) is 6.08 Å². The van der Waals surface area contributed by atoms with Crippen LogP contribution in [0.1, 0.15) is 25.7 Å². The normalized spacial score (nSPS) is 36.2. The summed E-state index contributed by atoms with van der Waals surface area (Å²) in [6, 6.07) is 0. The summed E-state index contributed by atoms with van der Waals surface area (Å²) in [5, 5.41) is 0. The molecule has 0 aromatic heterocycles. The topological polar surface area (TPSA) is 26.3 Å². The van der Waals surface area contributed by atoms with Crippen LogP contribution in [0.4, 0.5) is 0 Å². The Balaban J connectivity index is 1.77. The van der Waals surface area contributed by atoms with Gasteiger partial charge in [-0.15, -0.1) is 0 Å². The number of hydrogen-bond acceptors (Lipinski definition) is 2. The van der Waals surface area contributed by atoms with Crippen molar-refractivity contribution in [3.63, 3.8) is 0 Å². The first-order valence-corrected chi connectivity index (χ1v) is 5.08. The molecule has 0 amide bonds. The van der Waals surface area contributed by atoms with Crippen molar-refractivity contribution in [2.75, 3.05) is 6.61 Å². The summed E-state index contributed by atoms with van der Waals surface area (Å²) in [6.07, 6.45) is 6.64. The third-order valence-corrected chi connectivity index (χ3v) is 3.49. The van der Waals surface area contributed by atoms with Crippen molar-refractivity contribution in [1.29, 1.82) is 0 Å². The number of carbonyl (C=O) groups is 1. The van der Waals surface area contributed by atoms with Crippen LogP contribution in [0.15, 0.2) is 12.7 Å². The predicted octanol–water partition coefficient (Wildman–Crippen LogP) is 2.15. The molecule has 0 saturated heterocycles. The molecule has 0 aliphatic heterocycles. The Hall–Kier alpha value is -0.790. The highest BCUT2D eigenvalue weighted by molar-refractivity contribution is 5.81. The summed E-state index contributed by atoms with van der Waals surface area (Å²) < 4.78 is 5.07. The zero-order valence-electron chi connectivity index (χ0n) is 7.87. The lowest BCUT2D eigenvalue weighted by Gasteiger charge is -2.20. The molecule has 0 N–H and O–H groups in total. The van der Waals surface area contributed by atoms with Gasteiger partial charge in [0.2, 0.25) is 0 Å². The van der Waals surface area contributed by atoms with Crippen molar-refractivity contribution in [1.82, 2.24) is 0 Å². The fraction of sp³-hybridized carbons (Fsp3) is 0.727. The van der Waals surface area contributed by atoms with E-state index in [9.17, 15) is 4.79 Å². The van der Waals surface area contributed by atoms with Gasteiger partial charge in [-0.1, -0.05) is 13.0 Å². The molecule has 13 heavy (non-hydrogen) atoms. The van der Waals surface area contributed by atoms with Gasteiger partial charge >= 0.3 is 5.97 Å². The molecule has 0 radical (unpaired) electrons. The molecule has 2 saturated carbocycles. The fourth-order valence-electron chi connectivity index (χ4n) is 2.83. The summed E-state index contributed by atoms with van der Waals surface area (Å²) in [5.74, 6) is 2.13. The Morgan fingerprint density at radius 2 is 2.31 bits per heavy atom. The van der Waals surface area contributed by atoms with Crippen LogP contribution in [0, 0.1) is 17.8 Å². The van der Waals surface area contributed by atoms with Crippen LogP contribution in [0.2, 0.25) is 0 Å². The van der Waals surface area contributed by atoms with E-state index in [1.807, 2.05) is 0 Å². The zero-order valence-corrected chi connectivity index (χ0v) is 7.87. The van der Waals surface area contributed by atoms with Crippen LogP contribution < -0.4 is 0 Å². The second-order valence-corrected chi connectivity index (χ2v) is 4.27. The molecular weight excluding hydrogens is 164 g/mol. The zero-order chi connectivity index (χ0) is 9.26. The molecule has 2 rings (SSSR count). The molecule has 0 aromatic rings. The van der Waals surface area contributed by atoms with Gasteiger partial charge in [-0.3, -0.25) is 0 Å². The standard InChI is InChI=1S/C11H16O2/c1-2-11(12)13-7-10-6-8-3-4-9(10)5-8/h2,8-10H,1,3-7H2. The number of hydrogen-bond donors (Lipinski definition) is 0. The predicted molar refractivity (Wildman–Crippen MR) is 50.1 cm³/mol. The van der Waals surface area contributed by atoms with Gasteiger partial charge in [0.05, 0.1) is 6.61 Å². The Morgan fingerprint density at radius 1 is 1.46 bits per heavy atom. The maximum atomic E-state index is 10.8. The Morgan fingerprint density at radius 3 is 2.85 bits per heavy atom. The van der Waals surface area contributed by atoms with Gasteiger partial charge in [0.1, 0.15) is 0 Å². The monoisotopic (exact) mass is 180 g/mol. The number of ether oxygens (including phenoxy) is 1. The minimum Gasteiger partial charge on any atom is -0.462 e. The van der Waals surface area contributed by atoms with Crippen molar-refractivity contribution in [2.24, 2.45) is 17.8 Å². The Kier molecular flexibility index (Phi) is 2.38. The maximum absolute atomic E-state index is 10.8. The average molecular weight is 180 g/mol. The summed E-state index contributed by atoms with van der Waals surface area (Å²) in [6.45, 7) is 4.00. The van der Waals surface area contributed by atoms with Gasteiger partial charge in [0.15, 0.2) is 0 Å². The van der Waals surface area contributed by atoms with Crippen LogP contribution in [0.5, 0.6) is 0 Å². The highest BCUT2D eigenvalue weighted by Crippen LogP contribution is 2.48. The second kappa shape index (κ2) is 3.52. The van der Waals surface area contributed by atoms with E-state index in [1.165, 1.54) is 31.8 Å². The van der Waals surface area contributed by atoms with E-state index >= 15 is 0 Å². The number of fused-ring (bicyclic) bond motifs is 2. The van der Waals surface area contributed by atoms with Crippen molar-refractivity contribution < 1.29 is 9.53 Å². The first-order chi connectivity index (χ1) is 6.29. The van der Waals surface area contributed by atoms with Crippen molar-refractivity contribution >= 4 is 5.97 Å². The van der Waals surface area contributed by atoms with E-state index in [0.29, 0.717) is 12.5 Å². The van der Waals surface area contributed by atoms with Gasteiger partial charge in [-0.2, -0.15) is 0 Å². The molecule has 3 unspecified atom stereocenters. The third kappa shape index (κ3) is 1.77. The van der Waals surface area contributed by atoms with E-state index < -0.39 is 0 Å². The minimum atomic E-state index is -0.275. The lowest BCUT2D eigenvalue weighted by atomic mass is 9.90. The van der Waals surface area contributed by atoms with E-state index in [-0.39, 0.29) is 5.97 Å². The molecule has 2 aliphatic rings. The first-order valence-electron chi connectivity index (χ1n) is 5.08. The quantitative estimate of drug-likeness (QED) is 0.491. The third-order valence-electron chi connectivity index (χ3n) is 3.49. The number of esters is 1. The van der Waals surface area contributed by atoms with Gasteiger partial charge in [-0.05, 0) is 37.0 Å². The Bertz CT molecular complexity index is 222. The molecule has 3 atom stereocenters. The molecule has 72 valence electrons. The van der Waals surface area contributed by atoms with Crippen molar-refractivity contribution in [3.8, 4) is 0 Å². The molecule has 2 aliphatic carbocycles. The average Bonchev–Trinajstić information content (AvgIpc) is 2.74. The minimum absolute atomic E-state index is 0.275.